The summed E-state index contributed by atoms with van der Waals surface area (Å²) >= 11 is 0. The van der Waals surface area contributed by atoms with Crippen molar-refractivity contribution < 1.29 is 15.1 Å². The second-order valence-corrected chi connectivity index (χ2v) is 2.05. The van der Waals surface area contributed by atoms with Gasteiger partial charge in [-0.15, -0.1) is 4.68 Å². The van der Waals surface area contributed by atoms with E-state index < -0.39 is 5.88 Å². The van der Waals surface area contributed by atoms with Crippen LogP contribution in [0.25, 0.3) is 0 Å². The van der Waals surface area contributed by atoms with Gasteiger partial charge in [0, 0.05) is 6.92 Å². The highest BCUT2D eigenvalue weighted by Gasteiger charge is 2.19. The second kappa shape index (κ2) is 1.80. The van der Waals surface area contributed by atoms with Crippen molar-refractivity contribution in [1.29, 1.82) is 0 Å². The minimum Gasteiger partial charge on any atom is -0.596 e. The standard InChI is InChI=1S/C5H8N2O3/c1-3-4(8)5(9)6(2)7(3)10/h8-9H,1-2H3. The van der Waals surface area contributed by atoms with E-state index >= 15 is 0 Å². The molecule has 10 heavy (non-hydrogen) atoms. The third-order valence-corrected chi connectivity index (χ3v) is 1.42. The maximum absolute atomic E-state index is 10.8. The van der Waals surface area contributed by atoms with Gasteiger partial charge in [0.1, 0.15) is 0 Å². The highest BCUT2D eigenvalue weighted by atomic mass is 16.5. The van der Waals surface area contributed by atoms with Crippen LogP contribution in [0.4, 0.5) is 0 Å². The van der Waals surface area contributed by atoms with Gasteiger partial charge in [0.15, 0.2) is 0 Å². The van der Waals surface area contributed by atoms with Crippen molar-refractivity contribution in [2.45, 2.75) is 6.92 Å². The average Bonchev–Trinajstić information content (AvgIpc) is 2.07. The summed E-state index contributed by atoms with van der Waals surface area (Å²) in [6, 6.07) is 0. The Balaban J connectivity index is 3.44. The number of nitrogens with zero attached hydrogens (tertiary/aromatic N) is 2. The number of aromatic hydroxyl groups is 2. The SMILES string of the molecule is Cc1c(O)c(O)n(C)[n+]1[O-]. The van der Waals surface area contributed by atoms with Crippen LogP contribution in [-0.4, -0.2) is 14.9 Å². The maximum Gasteiger partial charge on any atom is 0.294 e. The van der Waals surface area contributed by atoms with Crippen LogP contribution in [0.5, 0.6) is 11.6 Å². The first-order valence-electron chi connectivity index (χ1n) is 2.72. The van der Waals surface area contributed by atoms with Gasteiger partial charge in [0.05, 0.1) is 7.05 Å². The molecule has 0 aliphatic heterocycles. The van der Waals surface area contributed by atoms with Crippen LogP contribution in [0.3, 0.4) is 0 Å². The van der Waals surface area contributed by atoms with Crippen molar-refractivity contribution in [1.82, 2.24) is 4.68 Å². The van der Waals surface area contributed by atoms with Crippen LogP contribution in [0.1, 0.15) is 5.69 Å². The van der Waals surface area contributed by atoms with E-state index in [4.69, 9.17) is 10.2 Å². The zero-order valence-corrected chi connectivity index (χ0v) is 5.70. The number of hydrogen-bond acceptors (Lipinski definition) is 3. The van der Waals surface area contributed by atoms with Gasteiger partial charge in [0.25, 0.3) is 17.3 Å². The predicted octanol–water partition coefficient (Wildman–Crippen LogP) is -0.622. The summed E-state index contributed by atoms with van der Waals surface area (Å²) in [4.78, 5) is 0.407. The molecule has 0 radical (unpaired) electrons. The fourth-order valence-electron chi connectivity index (χ4n) is 0.717. The van der Waals surface area contributed by atoms with E-state index in [1.165, 1.54) is 14.0 Å². The van der Waals surface area contributed by atoms with Crippen molar-refractivity contribution in [3.05, 3.63) is 10.9 Å². The molecule has 0 aliphatic carbocycles. The minimum absolute atomic E-state index is 0.0972. The molecular weight excluding hydrogens is 136 g/mol. The van der Waals surface area contributed by atoms with Gasteiger partial charge in [-0.1, -0.05) is 4.85 Å². The molecule has 0 spiro atoms. The quantitative estimate of drug-likeness (QED) is 0.376. The summed E-state index contributed by atoms with van der Waals surface area (Å²) in [6.45, 7) is 1.42. The van der Waals surface area contributed by atoms with E-state index in [0.717, 1.165) is 4.68 Å². The summed E-state index contributed by atoms with van der Waals surface area (Å²) < 4.78 is 0.907. The molecule has 0 aliphatic rings. The van der Waals surface area contributed by atoms with Crippen molar-refractivity contribution in [2.75, 3.05) is 0 Å². The van der Waals surface area contributed by atoms with Gasteiger partial charge in [-0.3, -0.25) is 0 Å². The van der Waals surface area contributed by atoms with Gasteiger partial charge < -0.3 is 15.4 Å². The Morgan fingerprint density at radius 3 is 2.10 bits per heavy atom. The fourth-order valence-corrected chi connectivity index (χ4v) is 0.717. The lowest BCUT2D eigenvalue weighted by Crippen LogP contribution is -2.37. The van der Waals surface area contributed by atoms with Gasteiger partial charge in [0.2, 0.25) is 0 Å². The Morgan fingerprint density at radius 1 is 1.50 bits per heavy atom. The first-order chi connectivity index (χ1) is 4.55. The van der Waals surface area contributed by atoms with Gasteiger partial charge in [-0.25, -0.2) is 0 Å². The van der Waals surface area contributed by atoms with Crippen molar-refractivity contribution in [3.63, 3.8) is 0 Å². The van der Waals surface area contributed by atoms with E-state index in [1.807, 2.05) is 0 Å². The highest BCUT2D eigenvalue weighted by molar-refractivity contribution is 5.31. The molecule has 2 N–H and O–H groups in total. The molecule has 0 aromatic carbocycles. The molecular formula is C5H8N2O3. The molecule has 0 atom stereocenters. The summed E-state index contributed by atoms with van der Waals surface area (Å²) in [5.41, 5.74) is 0.0972. The molecule has 1 heterocycles. The molecule has 1 rings (SSSR count). The van der Waals surface area contributed by atoms with Gasteiger partial charge in [-0.05, 0) is 0 Å². The molecule has 0 fully saturated rings. The van der Waals surface area contributed by atoms with Crippen molar-refractivity contribution in [2.24, 2.45) is 7.05 Å². The topological polar surface area (TPSA) is 72.3 Å². The van der Waals surface area contributed by atoms with E-state index in [2.05, 4.69) is 0 Å². The first-order valence-corrected chi connectivity index (χ1v) is 2.72. The fraction of sp³-hybridized carbons (Fsp3) is 0.400. The molecule has 56 valence electrons. The molecule has 0 amide bonds. The van der Waals surface area contributed by atoms with Crippen LogP contribution in [0.2, 0.25) is 0 Å². The lowest BCUT2D eigenvalue weighted by atomic mass is 10.4. The third kappa shape index (κ3) is 0.601. The Hall–Kier alpha value is -1.39. The van der Waals surface area contributed by atoms with Crippen LogP contribution >= 0.6 is 0 Å². The first kappa shape index (κ1) is 6.73. The summed E-state index contributed by atoms with van der Waals surface area (Å²) in [5, 5.41) is 28.6. The van der Waals surface area contributed by atoms with Crippen LogP contribution in [-0.2, 0) is 7.05 Å². The average molecular weight is 144 g/mol. The lowest BCUT2D eigenvalue weighted by Gasteiger charge is -1.94. The molecule has 0 saturated carbocycles. The Labute approximate surface area is 57.3 Å². The molecule has 1 aromatic heterocycles. The van der Waals surface area contributed by atoms with E-state index in [9.17, 15) is 5.21 Å². The van der Waals surface area contributed by atoms with E-state index in [0.29, 0.717) is 4.85 Å². The number of aromatic nitrogens is 2. The normalized spacial score (nSPS) is 10.2. The minimum atomic E-state index is -0.410. The second-order valence-electron chi connectivity index (χ2n) is 2.05. The maximum atomic E-state index is 10.8. The smallest absolute Gasteiger partial charge is 0.294 e. The number of hydrogen-bond donors (Lipinski definition) is 2. The Morgan fingerprint density at radius 2 is 2.00 bits per heavy atom. The summed E-state index contributed by atoms with van der Waals surface area (Å²) in [7, 11) is 1.36. The predicted molar refractivity (Wildman–Crippen MR) is 32.4 cm³/mol. The zero-order valence-electron chi connectivity index (χ0n) is 5.70. The lowest BCUT2D eigenvalue weighted by molar-refractivity contribution is -0.697. The summed E-state index contributed by atoms with van der Waals surface area (Å²) in [5.74, 6) is -0.773. The van der Waals surface area contributed by atoms with Crippen molar-refractivity contribution in [3.8, 4) is 11.6 Å². The van der Waals surface area contributed by atoms with E-state index in [1.54, 1.807) is 0 Å². The van der Waals surface area contributed by atoms with Gasteiger partial charge in [-0.2, -0.15) is 0 Å². The van der Waals surface area contributed by atoms with Crippen LogP contribution in [0.15, 0.2) is 0 Å². The van der Waals surface area contributed by atoms with Crippen LogP contribution in [0, 0.1) is 12.1 Å². The molecule has 5 heteroatoms. The molecule has 1 aromatic rings. The summed E-state index contributed by atoms with van der Waals surface area (Å²) in [6.07, 6.45) is 0. The molecule has 0 unspecified atom stereocenters. The molecule has 5 nitrogen and oxygen atoms in total. The van der Waals surface area contributed by atoms with E-state index in [-0.39, 0.29) is 11.4 Å². The Bertz CT molecular complexity index is 186. The van der Waals surface area contributed by atoms with Crippen LogP contribution < -0.4 is 4.85 Å². The third-order valence-electron chi connectivity index (χ3n) is 1.42. The van der Waals surface area contributed by atoms with Crippen molar-refractivity contribution >= 4 is 0 Å². The molecule has 0 saturated heterocycles. The highest BCUT2D eigenvalue weighted by Crippen LogP contribution is 2.24. The number of rotatable bonds is 0. The van der Waals surface area contributed by atoms with Gasteiger partial charge >= 0.3 is 0 Å². The molecule has 0 bridgehead atoms. The monoisotopic (exact) mass is 144 g/mol. The zero-order chi connectivity index (χ0) is 7.89. The largest absolute Gasteiger partial charge is 0.596 e. The Kier molecular flexibility index (Phi) is 1.21.